The second-order valence-corrected chi connectivity index (χ2v) is 8.81. The Hall–Kier alpha value is -4.83. The van der Waals surface area contributed by atoms with Crippen LogP contribution < -0.4 is 10.5 Å². The van der Waals surface area contributed by atoms with Gasteiger partial charge < -0.3 is 15.0 Å². The van der Waals surface area contributed by atoms with Crippen molar-refractivity contribution in [2.75, 3.05) is 0 Å². The lowest BCUT2D eigenvalue weighted by Crippen LogP contribution is -2.11. The average Bonchev–Trinajstić information content (AvgIpc) is 3.23. The third-order valence-electron chi connectivity index (χ3n) is 6.48. The number of nitrogens with zero attached hydrogens (tertiary/aromatic N) is 1. The smallest absolute Gasteiger partial charge is 0.249 e. The van der Waals surface area contributed by atoms with Gasteiger partial charge in [0.1, 0.15) is 11.5 Å². The summed E-state index contributed by atoms with van der Waals surface area (Å²) in [6, 6.07) is 40.3. The fraction of sp³-hybridized carbons (Fsp3) is 0.0312. The standard InChI is InChI=1S/C32H24N2O2/c33-32(35)28-15-8-16-29-31(28)27-18-17-24(23-10-3-1-4-11-23)20-30(27)34(29)21-22-9-7-14-26(19-22)36-25-12-5-2-6-13-25/h1-20H,21H2,(H2,33,35). The molecule has 1 aromatic heterocycles. The molecule has 1 heterocycles. The van der Waals surface area contributed by atoms with Gasteiger partial charge in [0.2, 0.25) is 5.91 Å². The predicted octanol–water partition coefficient (Wildman–Crippen LogP) is 7.40. The van der Waals surface area contributed by atoms with E-state index in [1.807, 2.05) is 72.8 Å². The molecule has 0 saturated carbocycles. The van der Waals surface area contributed by atoms with Crippen molar-refractivity contribution in [2.45, 2.75) is 6.54 Å². The molecule has 5 aromatic carbocycles. The molecule has 4 heteroatoms. The van der Waals surface area contributed by atoms with Crippen LogP contribution in [0.25, 0.3) is 32.9 Å². The number of hydrogen-bond donors (Lipinski definition) is 1. The molecule has 0 saturated heterocycles. The molecule has 0 aliphatic heterocycles. The fourth-order valence-electron chi connectivity index (χ4n) is 4.84. The number of benzene rings is 5. The van der Waals surface area contributed by atoms with Crippen LogP contribution in [0.3, 0.4) is 0 Å². The molecular weight excluding hydrogens is 444 g/mol. The zero-order chi connectivity index (χ0) is 24.5. The zero-order valence-electron chi connectivity index (χ0n) is 19.6. The summed E-state index contributed by atoms with van der Waals surface area (Å²) in [5.41, 5.74) is 11.7. The molecule has 6 rings (SSSR count). The van der Waals surface area contributed by atoms with E-state index in [0.29, 0.717) is 12.1 Å². The summed E-state index contributed by atoms with van der Waals surface area (Å²) >= 11 is 0. The van der Waals surface area contributed by atoms with E-state index in [-0.39, 0.29) is 0 Å². The lowest BCUT2D eigenvalue weighted by Gasteiger charge is -2.11. The first-order valence-corrected chi connectivity index (χ1v) is 11.9. The first kappa shape index (κ1) is 21.7. The Morgan fingerprint density at radius 2 is 1.39 bits per heavy atom. The monoisotopic (exact) mass is 468 g/mol. The van der Waals surface area contributed by atoms with Crippen LogP contribution in [0.1, 0.15) is 15.9 Å². The summed E-state index contributed by atoms with van der Waals surface area (Å²) < 4.78 is 8.33. The topological polar surface area (TPSA) is 57.2 Å². The van der Waals surface area contributed by atoms with Crippen molar-refractivity contribution in [3.8, 4) is 22.6 Å². The maximum Gasteiger partial charge on any atom is 0.249 e. The SMILES string of the molecule is NC(=O)c1cccc2c1c1ccc(-c3ccccc3)cc1n2Cc1cccc(Oc2ccccc2)c1. The Bertz CT molecular complexity index is 1700. The quantitative estimate of drug-likeness (QED) is 0.277. The van der Waals surface area contributed by atoms with E-state index in [0.717, 1.165) is 50.0 Å². The summed E-state index contributed by atoms with van der Waals surface area (Å²) in [4.78, 5) is 12.3. The van der Waals surface area contributed by atoms with Crippen LogP contribution in [0.4, 0.5) is 0 Å². The minimum Gasteiger partial charge on any atom is -0.457 e. The highest BCUT2D eigenvalue weighted by Crippen LogP contribution is 2.35. The molecular formula is C32H24N2O2. The van der Waals surface area contributed by atoms with Crippen molar-refractivity contribution in [1.82, 2.24) is 4.57 Å². The first-order valence-electron chi connectivity index (χ1n) is 11.9. The van der Waals surface area contributed by atoms with Crippen molar-refractivity contribution < 1.29 is 9.53 Å². The number of hydrogen-bond acceptors (Lipinski definition) is 2. The Kier molecular flexibility index (Phi) is 5.47. The van der Waals surface area contributed by atoms with Crippen LogP contribution in [0, 0.1) is 0 Å². The van der Waals surface area contributed by atoms with Gasteiger partial charge in [-0.15, -0.1) is 0 Å². The number of primary amides is 1. The summed E-state index contributed by atoms with van der Waals surface area (Å²) in [6.07, 6.45) is 0. The normalized spacial score (nSPS) is 11.1. The third-order valence-corrected chi connectivity index (χ3v) is 6.48. The number of fused-ring (bicyclic) bond motifs is 3. The molecule has 1 amide bonds. The van der Waals surface area contributed by atoms with Gasteiger partial charge in [-0.25, -0.2) is 0 Å². The molecule has 6 aromatic rings. The Balaban J connectivity index is 1.50. The first-order chi connectivity index (χ1) is 17.7. The molecule has 0 aliphatic carbocycles. The molecule has 2 N–H and O–H groups in total. The maximum atomic E-state index is 12.3. The molecule has 36 heavy (non-hydrogen) atoms. The van der Waals surface area contributed by atoms with Gasteiger partial charge >= 0.3 is 0 Å². The number of ether oxygens (including phenoxy) is 1. The van der Waals surface area contributed by atoms with E-state index in [1.165, 1.54) is 0 Å². The number of carbonyl (C=O) groups excluding carboxylic acids is 1. The van der Waals surface area contributed by atoms with E-state index in [1.54, 1.807) is 6.07 Å². The van der Waals surface area contributed by atoms with Crippen molar-refractivity contribution in [1.29, 1.82) is 0 Å². The fourth-order valence-corrected chi connectivity index (χ4v) is 4.84. The molecule has 0 bridgehead atoms. The highest BCUT2D eigenvalue weighted by Gasteiger charge is 2.17. The van der Waals surface area contributed by atoms with Crippen LogP contribution in [0.5, 0.6) is 11.5 Å². The minimum atomic E-state index is -0.426. The number of rotatable bonds is 6. The highest BCUT2D eigenvalue weighted by atomic mass is 16.5. The van der Waals surface area contributed by atoms with Crippen LogP contribution in [0.15, 0.2) is 121 Å². The summed E-state index contributed by atoms with van der Waals surface area (Å²) in [5.74, 6) is 1.15. The maximum absolute atomic E-state index is 12.3. The molecule has 0 fully saturated rings. The zero-order valence-corrected chi connectivity index (χ0v) is 19.6. The van der Waals surface area contributed by atoms with Crippen LogP contribution in [0.2, 0.25) is 0 Å². The van der Waals surface area contributed by atoms with Gasteiger partial charge in [-0.1, -0.05) is 78.9 Å². The lowest BCUT2D eigenvalue weighted by molar-refractivity contribution is 0.100. The second-order valence-electron chi connectivity index (χ2n) is 8.81. The van der Waals surface area contributed by atoms with Crippen molar-refractivity contribution in [3.63, 3.8) is 0 Å². The van der Waals surface area contributed by atoms with E-state index in [9.17, 15) is 4.79 Å². The summed E-state index contributed by atoms with van der Waals surface area (Å²) in [5, 5.41) is 1.90. The molecule has 174 valence electrons. The van der Waals surface area contributed by atoms with Gasteiger partial charge in [0, 0.05) is 22.9 Å². The largest absolute Gasteiger partial charge is 0.457 e. The predicted molar refractivity (Wildman–Crippen MR) is 145 cm³/mol. The van der Waals surface area contributed by atoms with Crippen molar-refractivity contribution in [2.24, 2.45) is 5.73 Å². The summed E-state index contributed by atoms with van der Waals surface area (Å²) in [7, 11) is 0. The van der Waals surface area contributed by atoms with E-state index >= 15 is 0 Å². The number of amides is 1. The third kappa shape index (κ3) is 3.99. The average molecular weight is 469 g/mol. The van der Waals surface area contributed by atoms with Gasteiger partial charge in [0.05, 0.1) is 11.0 Å². The number of aromatic nitrogens is 1. The van der Waals surface area contributed by atoms with E-state index in [2.05, 4.69) is 47.0 Å². The van der Waals surface area contributed by atoms with Gasteiger partial charge in [-0.05, 0) is 59.2 Å². The second kappa shape index (κ2) is 9.08. The number of nitrogens with two attached hydrogens (primary N) is 1. The number of carbonyl (C=O) groups is 1. The Labute approximate surface area is 209 Å². The minimum absolute atomic E-state index is 0.426. The van der Waals surface area contributed by atoms with Crippen molar-refractivity contribution in [3.05, 3.63) is 132 Å². The lowest BCUT2D eigenvalue weighted by atomic mass is 10.0. The molecule has 0 atom stereocenters. The molecule has 0 spiro atoms. The van der Waals surface area contributed by atoms with E-state index in [4.69, 9.17) is 10.5 Å². The Morgan fingerprint density at radius 1 is 0.667 bits per heavy atom. The molecule has 0 radical (unpaired) electrons. The molecule has 0 aliphatic rings. The van der Waals surface area contributed by atoms with Gasteiger partial charge in [-0.3, -0.25) is 4.79 Å². The van der Waals surface area contributed by atoms with Crippen LogP contribution >= 0.6 is 0 Å². The molecule has 0 unspecified atom stereocenters. The van der Waals surface area contributed by atoms with Gasteiger partial charge in [-0.2, -0.15) is 0 Å². The van der Waals surface area contributed by atoms with Gasteiger partial charge in [0.15, 0.2) is 0 Å². The van der Waals surface area contributed by atoms with Crippen molar-refractivity contribution >= 4 is 27.7 Å². The number of para-hydroxylation sites is 1. The Morgan fingerprint density at radius 3 is 2.17 bits per heavy atom. The molecule has 4 nitrogen and oxygen atoms in total. The van der Waals surface area contributed by atoms with Gasteiger partial charge in [0.25, 0.3) is 0 Å². The van der Waals surface area contributed by atoms with Crippen LogP contribution in [-0.4, -0.2) is 10.5 Å². The summed E-state index contributed by atoms with van der Waals surface area (Å²) in [6.45, 7) is 0.618. The van der Waals surface area contributed by atoms with E-state index < -0.39 is 5.91 Å². The van der Waals surface area contributed by atoms with Crippen LogP contribution in [-0.2, 0) is 6.54 Å². The highest BCUT2D eigenvalue weighted by molar-refractivity contribution is 6.18.